The quantitative estimate of drug-likeness (QED) is 0.841. The molecule has 2 amide bonds. The standard InChI is InChI=1S/C19H28N2O3/c1-3-14(2)17(18(22)23)20-19(24)21-11-9-16(10-12-21)13-15-7-5-4-6-8-15/h4-8,14,16-17H,3,9-13H2,1-2H3,(H,20,24)(H,22,23)/t14-,17-/m0/s1. The Hall–Kier alpha value is -2.04. The van der Waals surface area contributed by atoms with Gasteiger partial charge in [0, 0.05) is 13.1 Å². The molecule has 2 atom stereocenters. The van der Waals surface area contributed by atoms with Crippen LogP contribution in [0.2, 0.25) is 0 Å². The molecule has 5 nitrogen and oxygen atoms in total. The predicted octanol–water partition coefficient (Wildman–Crippen LogP) is 3.15. The van der Waals surface area contributed by atoms with Gasteiger partial charge in [0.25, 0.3) is 0 Å². The number of carbonyl (C=O) groups is 2. The van der Waals surface area contributed by atoms with Gasteiger partial charge in [-0.05, 0) is 36.7 Å². The number of rotatable bonds is 6. The van der Waals surface area contributed by atoms with E-state index in [9.17, 15) is 14.7 Å². The van der Waals surface area contributed by atoms with Crippen molar-refractivity contribution in [2.45, 2.75) is 45.6 Å². The molecular weight excluding hydrogens is 304 g/mol. The number of nitrogens with one attached hydrogen (secondary N) is 1. The molecule has 2 N–H and O–H groups in total. The Morgan fingerprint density at radius 1 is 1.25 bits per heavy atom. The van der Waals surface area contributed by atoms with Crippen LogP contribution in [-0.4, -0.2) is 41.1 Å². The van der Waals surface area contributed by atoms with Crippen LogP contribution < -0.4 is 5.32 Å². The lowest BCUT2D eigenvalue weighted by atomic mass is 9.90. The fourth-order valence-electron chi connectivity index (χ4n) is 3.20. The molecule has 1 saturated heterocycles. The molecule has 0 spiro atoms. The van der Waals surface area contributed by atoms with Crippen molar-refractivity contribution in [3.8, 4) is 0 Å². The van der Waals surface area contributed by atoms with E-state index in [0.29, 0.717) is 19.0 Å². The molecule has 0 aliphatic carbocycles. The highest BCUT2D eigenvalue weighted by molar-refractivity contribution is 5.82. The second-order valence-electron chi connectivity index (χ2n) is 6.77. The van der Waals surface area contributed by atoms with Gasteiger partial charge in [0.1, 0.15) is 6.04 Å². The maximum Gasteiger partial charge on any atom is 0.326 e. The van der Waals surface area contributed by atoms with Crippen LogP contribution in [0.4, 0.5) is 4.79 Å². The average molecular weight is 332 g/mol. The molecule has 24 heavy (non-hydrogen) atoms. The lowest BCUT2D eigenvalue weighted by Crippen LogP contribution is -2.52. The van der Waals surface area contributed by atoms with Gasteiger partial charge in [0.15, 0.2) is 0 Å². The van der Waals surface area contributed by atoms with Crippen LogP contribution in [0.15, 0.2) is 30.3 Å². The van der Waals surface area contributed by atoms with Crippen molar-refractivity contribution in [1.82, 2.24) is 10.2 Å². The molecule has 1 aliphatic heterocycles. The molecule has 0 bridgehead atoms. The van der Waals surface area contributed by atoms with Crippen molar-refractivity contribution in [3.05, 3.63) is 35.9 Å². The van der Waals surface area contributed by atoms with Crippen molar-refractivity contribution in [1.29, 1.82) is 0 Å². The predicted molar refractivity (Wildman–Crippen MR) is 93.9 cm³/mol. The Balaban J connectivity index is 1.82. The summed E-state index contributed by atoms with van der Waals surface area (Å²) < 4.78 is 0. The van der Waals surface area contributed by atoms with Gasteiger partial charge in [0.05, 0.1) is 0 Å². The third-order valence-electron chi connectivity index (χ3n) is 5.03. The van der Waals surface area contributed by atoms with E-state index in [1.165, 1.54) is 5.56 Å². The average Bonchev–Trinajstić information content (AvgIpc) is 2.60. The van der Waals surface area contributed by atoms with Crippen molar-refractivity contribution in [2.24, 2.45) is 11.8 Å². The van der Waals surface area contributed by atoms with Gasteiger partial charge in [-0.3, -0.25) is 0 Å². The zero-order valence-corrected chi connectivity index (χ0v) is 14.6. The van der Waals surface area contributed by atoms with Gasteiger partial charge in [-0.2, -0.15) is 0 Å². The van der Waals surface area contributed by atoms with Gasteiger partial charge in [-0.15, -0.1) is 0 Å². The number of carbonyl (C=O) groups excluding carboxylic acids is 1. The minimum absolute atomic E-state index is 0.0814. The zero-order chi connectivity index (χ0) is 17.5. The first kappa shape index (κ1) is 18.3. The lowest BCUT2D eigenvalue weighted by molar-refractivity contribution is -0.140. The van der Waals surface area contributed by atoms with Crippen LogP contribution in [-0.2, 0) is 11.2 Å². The second kappa shape index (κ2) is 8.71. The molecule has 0 aromatic heterocycles. The summed E-state index contributed by atoms with van der Waals surface area (Å²) in [6.07, 6.45) is 3.68. The monoisotopic (exact) mass is 332 g/mol. The number of hydrogen-bond donors (Lipinski definition) is 2. The number of nitrogens with zero attached hydrogens (tertiary/aromatic N) is 1. The lowest BCUT2D eigenvalue weighted by Gasteiger charge is -2.33. The van der Waals surface area contributed by atoms with Gasteiger partial charge < -0.3 is 15.3 Å². The van der Waals surface area contributed by atoms with Crippen molar-refractivity contribution in [3.63, 3.8) is 0 Å². The highest BCUT2D eigenvalue weighted by atomic mass is 16.4. The van der Waals surface area contributed by atoms with Gasteiger partial charge in [-0.25, -0.2) is 9.59 Å². The van der Waals surface area contributed by atoms with Crippen LogP contribution in [0.1, 0.15) is 38.7 Å². The smallest absolute Gasteiger partial charge is 0.326 e. The third kappa shape index (κ3) is 4.98. The van der Waals surface area contributed by atoms with Crippen molar-refractivity contribution >= 4 is 12.0 Å². The van der Waals surface area contributed by atoms with Crippen LogP contribution >= 0.6 is 0 Å². The molecule has 1 aromatic carbocycles. The Labute approximate surface area is 144 Å². The van der Waals surface area contributed by atoms with Crippen LogP contribution in [0.5, 0.6) is 0 Å². The number of aliphatic carboxylic acids is 1. The molecule has 1 aromatic rings. The van der Waals surface area contributed by atoms with E-state index in [1.807, 2.05) is 19.9 Å². The van der Waals surface area contributed by atoms with Crippen LogP contribution in [0, 0.1) is 11.8 Å². The number of piperidine rings is 1. The van der Waals surface area contributed by atoms with E-state index in [1.54, 1.807) is 4.90 Å². The second-order valence-corrected chi connectivity index (χ2v) is 6.77. The minimum Gasteiger partial charge on any atom is -0.480 e. The zero-order valence-electron chi connectivity index (χ0n) is 14.6. The molecule has 5 heteroatoms. The number of carboxylic acids is 1. The first-order chi connectivity index (χ1) is 11.5. The first-order valence-electron chi connectivity index (χ1n) is 8.83. The SMILES string of the molecule is CC[C@H](C)[C@H](NC(=O)N1CCC(Cc2ccccc2)CC1)C(=O)O. The number of hydrogen-bond acceptors (Lipinski definition) is 2. The summed E-state index contributed by atoms with van der Waals surface area (Å²) in [6, 6.07) is 9.35. The number of likely N-dealkylation sites (tertiary alicyclic amines) is 1. The molecule has 132 valence electrons. The summed E-state index contributed by atoms with van der Waals surface area (Å²) in [5.74, 6) is -0.458. The molecule has 1 fully saturated rings. The summed E-state index contributed by atoms with van der Waals surface area (Å²) in [6.45, 7) is 5.17. The maximum absolute atomic E-state index is 12.3. The number of amides is 2. The molecule has 0 radical (unpaired) electrons. The minimum atomic E-state index is -0.961. The van der Waals surface area contributed by atoms with E-state index in [0.717, 1.165) is 25.7 Å². The van der Waals surface area contributed by atoms with Crippen molar-refractivity contribution in [2.75, 3.05) is 13.1 Å². The van der Waals surface area contributed by atoms with E-state index in [2.05, 4.69) is 29.6 Å². The highest BCUT2D eigenvalue weighted by Crippen LogP contribution is 2.22. The van der Waals surface area contributed by atoms with E-state index in [-0.39, 0.29) is 11.9 Å². The summed E-state index contributed by atoms with van der Waals surface area (Å²) in [4.78, 5) is 25.4. The molecule has 0 saturated carbocycles. The van der Waals surface area contributed by atoms with E-state index < -0.39 is 12.0 Å². The fraction of sp³-hybridized carbons (Fsp3) is 0.579. The summed E-state index contributed by atoms with van der Waals surface area (Å²) in [5.41, 5.74) is 1.34. The molecule has 2 rings (SSSR count). The molecule has 1 heterocycles. The van der Waals surface area contributed by atoms with Gasteiger partial charge in [0.2, 0.25) is 0 Å². The number of benzene rings is 1. The Kier molecular flexibility index (Phi) is 6.64. The summed E-state index contributed by atoms with van der Waals surface area (Å²) in [7, 11) is 0. The van der Waals surface area contributed by atoms with E-state index in [4.69, 9.17) is 0 Å². The normalized spacial score (nSPS) is 18.0. The topological polar surface area (TPSA) is 69.6 Å². The Morgan fingerprint density at radius 3 is 2.42 bits per heavy atom. The van der Waals surface area contributed by atoms with Crippen LogP contribution in [0.3, 0.4) is 0 Å². The number of carboxylic acid groups (broad SMARTS) is 1. The first-order valence-corrected chi connectivity index (χ1v) is 8.83. The van der Waals surface area contributed by atoms with Crippen molar-refractivity contribution < 1.29 is 14.7 Å². The van der Waals surface area contributed by atoms with Crippen LogP contribution in [0.25, 0.3) is 0 Å². The van der Waals surface area contributed by atoms with Gasteiger partial charge in [-0.1, -0.05) is 50.6 Å². The Bertz CT molecular complexity index is 539. The maximum atomic E-state index is 12.3. The largest absolute Gasteiger partial charge is 0.480 e. The number of urea groups is 1. The summed E-state index contributed by atoms with van der Waals surface area (Å²) in [5, 5.41) is 12.0. The summed E-state index contributed by atoms with van der Waals surface area (Å²) >= 11 is 0. The molecule has 0 unspecified atom stereocenters. The third-order valence-corrected chi connectivity index (χ3v) is 5.03. The highest BCUT2D eigenvalue weighted by Gasteiger charge is 2.29. The van der Waals surface area contributed by atoms with E-state index >= 15 is 0 Å². The van der Waals surface area contributed by atoms with Gasteiger partial charge >= 0.3 is 12.0 Å². The fourth-order valence-corrected chi connectivity index (χ4v) is 3.20. The Morgan fingerprint density at radius 2 is 1.88 bits per heavy atom. The molecule has 1 aliphatic rings. The molecular formula is C19H28N2O3.